The minimum Gasteiger partial charge on any atom is -0.353 e. The van der Waals surface area contributed by atoms with Gasteiger partial charge in [-0.1, -0.05) is 13.3 Å². The fourth-order valence-electron chi connectivity index (χ4n) is 2.84. The molecule has 1 aromatic rings. The number of urea groups is 1. The van der Waals surface area contributed by atoms with Gasteiger partial charge in [-0.3, -0.25) is 4.21 Å². The van der Waals surface area contributed by atoms with Gasteiger partial charge in [0, 0.05) is 46.8 Å². The third kappa shape index (κ3) is 4.59. The van der Waals surface area contributed by atoms with Crippen LogP contribution in [-0.4, -0.2) is 31.9 Å². The Morgan fingerprint density at radius 1 is 1.48 bits per heavy atom. The maximum Gasteiger partial charge on any atom is 0.315 e. The number of hydrogen-bond donors (Lipinski definition) is 2. The summed E-state index contributed by atoms with van der Waals surface area (Å²) in [5, 5.41) is 6.14. The Morgan fingerprint density at radius 3 is 2.95 bits per heavy atom. The van der Waals surface area contributed by atoms with E-state index in [-0.39, 0.29) is 17.3 Å². The monoisotopic (exact) mass is 311 g/mol. The van der Waals surface area contributed by atoms with Gasteiger partial charge in [0.25, 0.3) is 0 Å². The molecule has 0 aliphatic heterocycles. The van der Waals surface area contributed by atoms with Gasteiger partial charge in [0.05, 0.1) is 6.54 Å². The van der Waals surface area contributed by atoms with Gasteiger partial charge >= 0.3 is 6.03 Å². The van der Waals surface area contributed by atoms with Crippen LogP contribution >= 0.6 is 0 Å². The molecule has 6 heteroatoms. The highest BCUT2D eigenvalue weighted by molar-refractivity contribution is 7.85. The predicted molar refractivity (Wildman–Crippen MR) is 85.5 cm³/mol. The second-order valence-electron chi connectivity index (χ2n) is 5.59. The van der Waals surface area contributed by atoms with E-state index in [1.165, 1.54) is 0 Å². The Morgan fingerprint density at radius 2 is 2.29 bits per heavy atom. The van der Waals surface area contributed by atoms with Crippen molar-refractivity contribution < 1.29 is 9.00 Å². The lowest BCUT2D eigenvalue weighted by Gasteiger charge is -2.29. The van der Waals surface area contributed by atoms with Crippen molar-refractivity contribution in [2.45, 2.75) is 50.4 Å². The van der Waals surface area contributed by atoms with Crippen molar-refractivity contribution in [1.82, 2.24) is 15.2 Å². The van der Waals surface area contributed by atoms with Crippen LogP contribution < -0.4 is 10.6 Å². The number of nitrogens with zero attached hydrogens (tertiary/aromatic N) is 1. The largest absolute Gasteiger partial charge is 0.353 e. The molecule has 0 radical (unpaired) electrons. The van der Waals surface area contributed by atoms with Crippen LogP contribution in [-0.2, 0) is 24.4 Å². The Labute approximate surface area is 128 Å². The van der Waals surface area contributed by atoms with Crippen molar-refractivity contribution >= 4 is 16.8 Å². The van der Waals surface area contributed by atoms with Crippen molar-refractivity contribution in [1.29, 1.82) is 0 Å². The van der Waals surface area contributed by atoms with Crippen LogP contribution in [0.4, 0.5) is 4.79 Å². The van der Waals surface area contributed by atoms with Crippen molar-refractivity contribution in [3.63, 3.8) is 0 Å². The molecule has 0 saturated heterocycles. The Bertz CT molecular complexity index is 501. The van der Waals surface area contributed by atoms with Crippen molar-refractivity contribution in [3.8, 4) is 0 Å². The molecule has 3 atom stereocenters. The molecule has 1 aromatic heterocycles. The lowest BCUT2D eigenvalue weighted by molar-refractivity contribution is 0.232. The number of hydrogen-bond acceptors (Lipinski definition) is 2. The zero-order valence-electron chi connectivity index (χ0n) is 12.8. The van der Waals surface area contributed by atoms with Gasteiger partial charge in [-0.2, -0.15) is 0 Å². The molecule has 2 N–H and O–H groups in total. The lowest BCUT2D eigenvalue weighted by Crippen LogP contribution is -2.45. The van der Waals surface area contributed by atoms with E-state index < -0.39 is 10.8 Å². The van der Waals surface area contributed by atoms with E-state index in [1.807, 2.05) is 36.9 Å². The summed E-state index contributed by atoms with van der Waals surface area (Å²) < 4.78 is 13.9. The van der Waals surface area contributed by atoms with Crippen LogP contribution in [0.15, 0.2) is 18.3 Å². The maximum absolute atomic E-state index is 12.0. The predicted octanol–water partition coefficient (Wildman–Crippen LogP) is 1.90. The van der Waals surface area contributed by atoms with Crippen LogP contribution in [0.1, 0.15) is 38.3 Å². The lowest BCUT2D eigenvalue weighted by atomic mass is 9.95. The molecular formula is C15H25N3O2S. The second-order valence-corrected chi connectivity index (χ2v) is 7.60. The standard InChI is InChI=1S/C15H25N3O2S/c1-3-21(20)14-8-4-6-12(10-14)17-15(19)16-11-13-7-5-9-18(13)2/h5,7,9,12,14H,3-4,6,8,10-11H2,1-2H3,(H2,16,17,19)/t12-,14-,21+/m1/s1. The fraction of sp³-hybridized carbons (Fsp3) is 0.667. The van der Waals surface area contributed by atoms with Crippen LogP contribution in [0.3, 0.4) is 0 Å². The van der Waals surface area contributed by atoms with Gasteiger partial charge < -0.3 is 15.2 Å². The number of carbonyl (C=O) groups excluding carboxylic acids is 1. The van der Waals surface area contributed by atoms with Gasteiger partial charge in [0.15, 0.2) is 0 Å². The van der Waals surface area contributed by atoms with Crippen molar-refractivity contribution in [2.24, 2.45) is 7.05 Å². The smallest absolute Gasteiger partial charge is 0.315 e. The van der Waals surface area contributed by atoms with E-state index in [4.69, 9.17) is 0 Å². The van der Waals surface area contributed by atoms with Crippen molar-refractivity contribution in [2.75, 3.05) is 5.75 Å². The molecule has 118 valence electrons. The summed E-state index contributed by atoms with van der Waals surface area (Å²) in [7, 11) is 1.20. The molecule has 1 aliphatic rings. The van der Waals surface area contributed by atoms with Gasteiger partial charge in [-0.05, 0) is 31.4 Å². The van der Waals surface area contributed by atoms with Crippen LogP contribution in [0.5, 0.6) is 0 Å². The van der Waals surface area contributed by atoms with E-state index >= 15 is 0 Å². The van der Waals surface area contributed by atoms with Gasteiger partial charge in [-0.25, -0.2) is 4.79 Å². The van der Waals surface area contributed by atoms with Gasteiger partial charge in [0.2, 0.25) is 0 Å². The van der Waals surface area contributed by atoms with Crippen molar-refractivity contribution in [3.05, 3.63) is 24.0 Å². The number of aromatic nitrogens is 1. The molecule has 1 heterocycles. The van der Waals surface area contributed by atoms with E-state index in [0.29, 0.717) is 12.3 Å². The summed E-state index contributed by atoms with van der Waals surface area (Å²) in [5.74, 6) is 0.705. The van der Waals surface area contributed by atoms with Crippen LogP contribution in [0, 0.1) is 0 Å². The highest BCUT2D eigenvalue weighted by Crippen LogP contribution is 2.22. The summed E-state index contributed by atoms with van der Waals surface area (Å²) >= 11 is 0. The summed E-state index contributed by atoms with van der Waals surface area (Å²) in [6, 6.07) is 3.96. The average Bonchev–Trinajstić information content (AvgIpc) is 2.90. The molecule has 2 amide bonds. The van der Waals surface area contributed by atoms with E-state index in [9.17, 15) is 9.00 Å². The summed E-state index contributed by atoms with van der Waals surface area (Å²) in [4.78, 5) is 12.0. The molecule has 21 heavy (non-hydrogen) atoms. The number of amides is 2. The third-order valence-electron chi connectivity index (χ3n) is 4.10. The summed E-state index contributed by atoms with van der Waals surface area (Å²) in [6.45, 7) is 2.48. The van der Waals surface area contributed by atoms with Gasteiger partial charge in [-0.15, -0.1) is 0 Å². The minimum atomic E-state index is -0.755. The summed E-state index contributed by atoms with van der Waals surface area (Å²) in [5.41, 5.74) is 1.07. The van der Waals surface area contributed by atoms with Crippen LogP contribution in [0.25, 0.3) is 0 Å². The van der Waals surface area contributed by atoms with Crippen LogP contribution in [0.2, 0.25) is 0 Å². The highest BCUT2D eigenvalue weighted by atomic mass is 32.2. The first-order valence-corrected chi connectivity index (χ1v) is 9.00. The van der Waals surface area contributed by atoms with E-state index in [1.54, 1.807) is 0 Å². The molecule has 1 aliphatic carbocycles. The molecule has 1 fully saturated rings. The Balaban J connectivity index is 1.77. The zero-order valence-corrected chi connectivity index (χ0v) is 13.6. The average molecular weight is 311 g/mol. The first kappa shape index (κ1) is 16.1. The first-order chi connectivity index (χ1) is 10.1. The summed E-state index contributed by atoms with van der Waals surface area (Å²) in [6.07, 6.45) is 5.83. The second kappa shape index (κ2) is 7.64. The number of carbonyl (C=O) groups is 1. The zero-order chi connectivity index (χ0) is 15.2. The van der Waals surface area contributed by atoms with Gasteiger partial charge in [0.1, 0.15) is 0 Å². The van der Waals surface area contributed by atoms with E-state index in [2.05, 4.69) is 10.6 Å². The normalized spacial score (nSPS) is 23.5. The molecule has 1 saturated carbocycles. The molecular weight excluding hydrogens is 286 g/mol. The SMILES string of the molecule is CC[S@](=O)[C@@H]1CCC[C@@H](NC(=O)NCc2cccn2C)C1. The maximum atomic E-state index is 12.0. The number of aryl methyl sites for hydroxylation is 1. The highest BCUT2D eigenvalue weighted by Gasteiger charge is 2.26. The molecule has 0 unspecified atom stereocenters. The number of nitrogens with one attached hydrogen (secondary N) is 2. The Hall–Kier alpha value is -1.30. The quantitative estimate of drug-likeness (QED) is 0.872. The van der Waals surface area contributed by atoms with E-state index in [0.717, 1.165) is 31.4 Å². The first-order valence-electron chi connectivity index (χ1n) is 7.62. The molecule has 0 spiro atoms. The Kier molecular flexibility index (Phi) is 5.85. The molecule has 5 nitrogen and oxygen atoms in total. The molecule has 0 aromatic carbocycles. The number of rotatable bonds is 5. The molecule has 2 rings (SSSR count). The fourth-order valence-corrected chi connectivity index (χ4v) is 4.19. The minimum absolute atomic E-state index is 0.135. The molecule has 0 bridgehead atoms. The third-order valence-corrected chi connectivity index (χ3v) is 5.84. The topological polar surface area (TPSA) is 63.1 Å².